The Hall–Kier alpha value is -1.34. The number of amides is 1. The summed E-state index contributed by atoms with van der Waals surface area (Å²) in [7, 11) is -3.22. The van der Waals surface area contributed by atoms with Crippen molar-refractivity contribution >= 4 is 15.9 Å². The monoisotopic (exact) mass is 300 g/mol. The molecule has 2 rings (SSSR count). The van der Waals surface area contributed by atoms with Crippen LogP contribution in [0.25, 0.3) is 0 Å². The van der Waals surface area contributed by atoms with Crippen LogP contribution in [0.2, 0.25) is 0 Å². The van der Waals surface area contributed by atoms with Gasteiger partial charge in [0.05, 0.1) is 18.7 Å². The number of nitrogens with one attached hydrogen (secondary N) is 1. The predicted molar refractivity (Wildman–Crippen MR) is 74.4 cm³/mol. The molecule has 20 heavy (non-hydrogen) atoms. The summed E-state index contributed by atoms with van der Waals surface area (Å²) in [6, 6.07) is 3.66. The predicted octanol–water partition coefficient (Wildman–Crippen LogP) is 0.876. The summed E-state index contributed by atoms with van der Waals surface area (Å²) in [6.07, 6.45) is 2.61. The Kier molecular flexibility index (Phi) is 4.49. The van der Waals surface area contributed by atoms with Crippen molar-refractivity contribution in [3.8, 4) is 0 Å². The molecule has 1 amide bonds. The fraction of sp³-hybridized carbons (Fsp3) is 0.615. The lowest BCUT2D eigenvalue weighted by molar-refractivity contribution is -0.126. The third kappa shape index (κ3) is 3.83. The quantitative estimate of drug-likeness (QED) is 0.895. The smallest absolute Gasteiger partial charge is 0.224 e. The van der Waals surface area contributed by atoms with Crippen molar-refractivity contribution in [1.82, 2.24) is 9.62 Å². The molecule has 1 aromatic heterocycles. The second-order valence-corrected chi connectivity index (χ2v) is 7.17. The van der Waals surface area contributed by atoms with E-state index >= 15 is 0 Å². The lowest BCUT2D eigenvalue weighted by atomic mass is 9.99. The van der Waals surface area contributed by atoms with Crippen LogP contribution in [0, 0.1) is 12.8 Å². The number of carbonyl (C=O) groups excluding carboxylic acids is 1. The number of piperidine rings is 1. The number of furan rings is 1. The van der Waals surface area contributed by atoms with Crippen molar-refractivity contribution in [3.63, 3.8) is 0 Å². The highest BCUT2D eigenvalue weighted by atomic mass is 32.2. The van der Waals surface area contributed by atoms with E-state index < -0.39 is 10.0 Å². The van der Waals surface area contributed by atoms with Crippen LogP contribution in [-0.4, -0.2) is 38.0 Å². The van der Waals surface area contributed by atoms with Crippen LogP contribution >= 0.6 is 0 Å². The number of hydrogen-bond donors (Lipinski definition) is 1. The second kappa shape index (κ2) is 5.97. The Labute approximate surface area is 119 Å². The maximum Gasteiger partial charge on any atom is 0.224 e. The Morgan fingerprint density at radius 2 is 2.25 bits per heavy atom. The molecule has 7 heteroatoms. The largest absolute Gasteiger partial charge is 0.465 e. The van der Waals surface area contributed by atoms with Gasteiger partial charge in [-0.15, -0.1) is 0 Å². The molecule has 112 valence electrons. The fourth-order valence-corrected chi connectivity index (χ4v) is 3.27. The molecule has 2 heterocycles. The third-order valence-electron chi connectivity index (χ3n) is 3.46. The number of nitrogens with zero attached hydrogens (tertiary/aromatic N) is 1. The molecule has 1 aliphatic heterocycles. The fourth-order valence-electron chi connectivity index (χ4n) is 2.36. The van der Waals surface area contributed by atoms with Gasteiger partial charge in [-0.3, -0.25) is 4.79 Å². The van der Waals surface area contributed by atoms with Crippen LogP contribution in [-0.2, 0) is 21.4 Å². The van der Waals surface area contributed by atoms with Crippen molar-refractivity contribution in [2.45, 2.75) is 26.3 Å². The van der Waals surface area contributed by atoms with Gasteiger partial charge in [0.15, 0.2) is 0 Å². The molecule has 0 saturated carbocycles. The highest BCUT2D eigenvalue weighted by Gasteiger charge is 2.29. The summed E-state index contributed by atoms with van der Waals surface area (Å²) < 4.78 is 29.8. The van der Waals surface area contributed by atoms with Gasteiger partial charge in [0, 0.05) is 13.1 Å². The molecule has 6 nitrogen and oxygen atoms in total. The van der Waals surface area contributed by atoms with E-state index in [1.54, 1.807) is 0 Å². The summed E-state index contributed by atoms with van der Waals surface area (Å²) in [5.74, 6) is 1.10. The van der Waals surface area contributed by atoms with E-state index in [2.05, 4.69) is 5.32 Å². The molecule has 0 radical (unpaired) electrons. The molecule has 1 fully saturated rings. The minimum Gasteiger partial charge on any atom is -0.465 e. The van der Waals surface area contributed by atoms with Gasteiger partial charge in [0.25, 0.3) is 0 Å². The normalized spacial score (nSPS) is 20.8. The second-order valence-electron chi connectivity index (χ2n) is 5.19. The Bertz CT molecular complexity index is 579. The zero-order valence-corrected chi connectivity index (χ0v) is 12.6. The van der Waals surface area contributed by atoms with E-state index in [9.17, 15) is 13.2 Å². The number of rotatable bonds is 4. The zero-order valence-electron chi connectivity index (χ0n) is 11.8. The summed E-state index contributed by atoms with van der Waals surface area (Å²) in [4.78, 5) is 12.1. The van der Waals surface area contributed by atoms with Gasteiger partial charge in [0.2, 0.25) is 15.9 Å². The molecule has 1 atom stereocenters. The molecule has 0 unspecified atom stereocenters. The van der Waals surface area contributed by atoms with Gasteiger partial charge in [-0.25, -0.2) is 12.7 Å². The van der Waals surface area contributed by atoms with Crippen LogP contribution in [0.4, 0.5) is 0 Å². The van der Waals surface area contributed by atoms with Crippen LogP contribution in [0.5, 0.6) is 0 Å². The van der Waals surface area contributed by atoms with E-state index in [1.807, 2.05) is 19.1 Å². The zero-order chi connectivity index (χ0) is 14.8. The molecule has 1 aliphatic rings. The van der Waals surface area contributed by atoms with Gasteiger partial charge >= 0.3 is 0 Å². The van der Waals surface area contributed by atoms with Crippen LogP contribution < -0.4 is 5.32 Å². The number of aryl methyl sites for hydroxylation is 1. The molecule has 0 aromatic carbocycles. The molecular formula is C13H20N2O4S. The minimum atomic E-state index is -3.22. The summed E-state index contributed by atoms with van der Waals surface area (Å²) in [5.41, 5.74) is 0. The Morgan fingerprint density at radius 1 is 1.50 bits per heavy atom. The van der Waals surface area contributed by atoms with Crippen LogP contribution in [0.3, 0.4) is 0 Å². The molecule has 0 spiro atoms. The molecule has 0 bridgehead atoms. The van der Waals surface area contributed by atoms with E-state index in [-0.39, 0.29) is 18.4 Å². The van der Waals surface area contributed by atoms with Crippen LogP contribution in [0.1, 0.15) is 24.4 Å². The maximum atomic E-state index is 12.1. The summed E-state index contributed by atoms with van der Waals surface area (Å²) in [6.45, 7) is 2.94. The number of sulfonamides is 1. The average molecular weight is 300 g/mol. The summed E-state index contributed by atoms with van der Waals surface area (Å²) in [5, 5.41) is 2.80. The first-order chi connectivity index (χ1) is 9.36. The lowest BCUT2D eigenvalue weighted by Gasteiger charge is -2.30. The topological polar surface area (TPSA) is 79.6 Å². The van der Waals surface area contributed by atoms with Crippen molar-refractivity contribution in [2.24, 2.45) is 5.92 Å². The third-order valence-corrected chi connectivity index (χ3v) is 4.73. The Balaban J connectivity index is 1.89. The van der Waals surface area contributed by atoms with E-state index in [0.717, 1.165) is 12.2 Å². The van der Waals surface area contributed by atoms with Gasteiger partial charge in [-0.1, -0.05) is 0 Å². The molecule has 1 aromatic rings. The maximum absolute atomic E-state index is 12.1. The standard InChI is InChI=1S/C13H20N2O4S/c1-10-5-6-12(19-10)8-14-13(16)11-4-3-7-15(9-11)20(2,17)18/h5-6,11H,3-4,7-9H2,1-2H3,(H,14,16)/t11-/m0/s1. The highest BCUT2D eigenvalue weighted by molar-refractivity contribution is 7.88. The minimum absolute atomic E-state index is 0.118. The molecule has 1 N–H and O–H groups in total. The SMILES string of the molecule is Cc1ccc(CNC(=O)[C@H]2CCCN(S(C)(=O)=O)C2)o1. The van der Waals surface area contributed by atoms with Crippen molar-refractivity contribution in [2.75, 3.05) is 19.3 Å². The van der Waals surface area contributed by atoms with Gasteiger partial charge < -0.3 is 9.73 Å². The Morgan fingerprint density at radius 3 is 2.85 bits per heavy atom. The molecular weight excluding hydrogens is 280 g/mol. The van der Waals surface area contributed by atoms with E-state index in [1.165, 1.54) is 10.6 Å². The highest BCUT2D eigenvalue weighted by Crippen LogP contribution is 2.19. The first-order valence-corrected chi connectivity index (χ1v) is 8.49. The van der Waals surface area contributed by atoms with Gasteiger partial charge in [-0.05, 0) is 31.9 Å². The van der Waals surface area contributed by atoms with E-state index in [4.69, 9.17) is 4.42 Å². The van der Waals surface area contributed by atoms with E-state index in [0.29, 0.717) is 25.3 Å². The first kappa shape index (κ1) is 15.1. The van der Waals surface area contributed by atoms with Gasteiger partial charge in [0.1, 0.15) is 11.5 Å². The number of carbonyl (C=O) groups is 1. The van der Waals surface area contributed by atoms with Crippen molar-refractivity contribution in [3.05, 3.63) is 23.7 Å². The molecule has 0 aliphatic carbocycles. The van der Waals surface area contributed by atoms with Crippen molar-refractivity contribution < 1.29 is 17.6 Å². The number of hydrogen-bond acceptors (Lipinski definition) is 4. The van der Waals surface area contributed by atoms with Crippen molar-refractivity contribution in [1.29, 1.82) is 0 Å². The van der Waals surface area contributed by atoms with Gasteiger partial charge in [-0.2, -0.15) is 0 Å². The lowest BCUT2D eigenvalue weighted by Crippen LogP contribution is -2.44. The first-order valence-electron chi connectivity index (χ1n) is 6.64. The van der Waals surface area contributed by atoms with Crippen LogP contribution in [0.15, 0.2) is 16.5 Å². The summed E-state index contributed by atoms with van der Waals surface area (Å²) >= 11 is 0. The molecule has 1 saturated heterocycles. The average Bonchev–Trinajstić information content (AvgIpc) is 2.81.